The highest BCUT2D eigenvalue weighted by molar-refractivity contribution is 5.92. The number of hydrogen-bond donors (Lipinski definition) is 4. The van der Waals surface area contributed by atoms with E-state index in [0.717, 1.165) is 31.3 Å². The van der Waals surface area contributed by atoms with Crippen LogP contribution in [0.3, 0.4) is 0 Å². The fraction of sp³-hybridized carbons (Fsp3) is 0.788. The summed E-state index contributed by atoms with van der Waals surface area (Å²) in [5.74, 6) is -2.15. The van der Waals surface area contributed by atoms with Crippen LogP contribution in [-0.2, 0) is 28.7 Å². The van der Waals surface area contributed by atoms with E-state index in [1.54, 1.807) is 6.08 Å². The maximum atomic E-state index is 13.4. The van der Waals surface area contributed by atoms with Crippen molar-refractivity contribution in [2.24, 2.45) is 40.4 Å². The largest absolute Gasteiger partial charge is 0.481 e. The second-order valence-corrected chi connectivity index (χ2v) is 14.4. The summed E-state index contributed by atoms with van der Waals surface area (Å²) in [6, 6.07) is 0. The van der Waals surface area contributed by atoms with E-state index < -0.39 is 41.4 Å². The minimum absolute atomic E-state index is 0.0279. The predicted octanol–water partition coefficient (Wildman–Crippen LogP) is 3.12. The minimum Gasteiger partial charge on any atom is -0.481 e. The van der Waals surface area contributed by atoms with Crippen molar-refractivity contribution in [2.75, 3.05) is 13.2 Å². The van der Waals surface area contributed by atoms with Crippen molar-refractivity contribution in [3.63, 3.8) is 0 Å². The van der Waals surface area contributed by atoms with Crippen LogP contribution >= 0.6 is 0 Å². The molecule has 4 fully saturated rings. The number of carbonyl (C=O) groups excluding carboxylic acids is 4. The van der Waals surface area contributed by atoms with Gasteiger partial charge in [-0.1, -0.05) is 19.4 Å². The highest BCUT2D eigenvalue weighted by Gasteiger charge is 2.68. The smallest absolute Gasteiger partial charge is 0.306 e. The zero-order chi connectivity index (χ0) is 31.2. The van der Waals surface area contributed by atoms with Gasteiger partial charge in [0, 0.05) is 24.8 Å². The summed E-state index contributed by atoms with van der Waals surface area (Å²) >= 11 is 0. The molecule has 4 saturated carbocycles. The third-order valence-corrected chi connectivity index (χ3v) is 12.2. The number of Topliss-reactive ketones (excluding diaryl/α,β-unsaturated/α-hetero) is 1. The number of allylic oxidation sites excluding steroid dienone is 1. The summed E-state index contributed by atoms with van der Waals surface area (Å²) in [6.45, 7) is 3.91. The van der Waals surface area contributed by atoms with Gasteiger partial charge in [0.2, 0.25) is 11.7 Å². The summed E-state index contributed by atoms with van der Waals surface area (Å²) in [5.41, 5.74) is -1.71. The maximum absolute atomic E-state index is 13.4. The topological polar surface area (TPSA) is 167 Å². The summed E-state index contributed by atoms with van der Waals surface area (Å²) in [5, 5.41) is 35.3. The van der Waals surface area contributed by atoms with Gasteiger partial charge >= 0.3 is 11.9 Å². The Kier molecular flexibility index (Phi) is 8.93. The fourth-order valence-electron chi connectivity index (χ4n) is 9.66. The first-order valence-electron chi connectivity index (χ1n) is 16.1. The number of aliphatic hydroxyl groups is 2. The molecule has 10 heteroatoms. The van der Waals surface area contributed by atoms with Crippen LogP contribution in [0.5, 0.6) is 0 Å². The van der Waals surface area contributed by atoms with Gasteiger partial charge in [-0.3, -0.25) is 24.0 Å². The van der Waals surface area contributed by atoms with Crippen molar-refractivity contribution in [2.45, 2.75) is 109 Å². The number of rotatable bonds is 9. The van der Waals surface area contributed by atoms with E-state index in [-0.39, 0.29) is 72.4 Å². The summed E-state index contributed by atoms with van der Waals surface area (Å²) < 4.78 is 5.23. The Bertz CT molecular complexity index is 1190. The molecule has 5 aliphatic rings. The van der Waals surface area contributed by atoms with Crippen LogP contribution in [0.4, 0.5) is 0 Å². The molecular formula is C33H47NO9. The number of ether oxygens (including phenoxy) is 1. The van der Waals surface area contributed by atoms with Gasteiger partial charge < -0.3 is 25.4 Å². The number of hydrogen-bond acceptors (Lipinski definition) is 8. The number of carboxylic acid groups (broad SMARTS) is 1. The maximum Gasteiger partial charge on any atom is 0.306 e. The number of aliphatic carboxylic acids is 1. The molecule has 0 radical (unpaired) electrons. The SMILES string of the molecule is C[C@]12CCC(=O)C=C1CC[C@@H]1[C@H]2[C@@H](O)C[C@@]2(C)[C@H]1CC[C@]2(O)C(=O)COC(=O)CCC(=O)NCC1CCC(C(=O)O)CC1. The van der Waals surface area contributed by atoms with Crippen LogP contribution in [0.1, 0.15) is 97.3 Å². The van der Waals surface area contributed by atoms with E-state index >= 15 is 0 Å². The van der Waals surface area contributed by atoms with Gasteiger partial charge in [0.1, 0.15) is 5.60 Å². The molecule has 5 aliphatic carbocycles. The Morgan fingerprint density at radius 2 is 1.72 bits per heavy atom. The lowest BCUT2D eigenvalue weighted by Gasteiger charge is -2.60. The van der Waals surface area contributed by atoms with Crippen molar-refractivity contribution in [3.05, 3.63) is 11.6 Å². The van der Waals surface area contributed by atoms with Gasteiger partial charge in [-0.05, 0) is 99.4 Å². The highest BCUT2D eigenvalue weighted by atomic mass is 16.5. The molecule has 0 saturated heterocycles. The molecule has 1 amide bonds. The van der Waals surface area contributed by atoms with E-state index in [1.165, 1.54) is 0 Å². The minimum atomic E-state index is -1.72. The summed E-state index contributed by atoms with van der Waals surface area (Å²) in [7, 11) is 0. The number of carboxylic acids is 1. The van der Waals surface area contributed by atoms with Crippen LogP contribution in [0.15, 0.2) is 11.6 Å². The van der Waals surface area contributed by atoms with Crippen LogP contribution < -0.4 is 5.32 Å². The van der Waals surface area contributed by atoms with E-state index in [2.05, 4.69) is 12.2 Å². The van der Waals surface area contributed by atoms with Crippen molar-refractivity contribution >= 4 is 29.4 Å². The van der Waals surface area contributed by atoms with Crippen LogP contribution in [0.25, 0.3) is 0 Å². The third-order valence-electron chi connectivity index (χ3n) is 12.2. The number of amides is 1. The Hall–Kier alpha value is -2.59. The van der Waals surface area contributed by atoms with Gasteiger partial charge in [-0.2, -0.15) is 0 Å². The van der Waals surface area contributed by atoms with Gasteiger partial charge in [0.05, 0.1) is 18.4 Å². The van der Waals surface area contributed by atoms with Crippen LogP contribution in [0.2, 0.25) is 0 Å². The predicted molar refractivity (Wildman–Crippen MR) is 154 cm³/mol. The lowest BCUT2D eigenvalue weighted by molar-refractivity contribution is -0.184. The summed E-state index contributed by atoms with van der Waals surface area (Å²) in [6.07, 6.45) is 7.39. The normalized spacial score (nSPS) is 40.4. The van der Waals surface area contributed by atoms with E-state index in [0.29, 0.717) is 38.6 Å². The lowest BCUT2D eigenvalue weighted by atomic mass is 9.45. The lowest BCUT2D eigenvalue weighted by Crippen LogP contribution is -2.62. The second-order valence-electron chi connectivity index (χ2n) is 14.4. The van der Waals surface area contributed by atoms with Crippen molar-refractivity contribution < 1.29 is 44.0 Å². The first-order valence-corrected chi connectivity index (χ1v) is 16.1. The van der Waals surface area contributed by atoms with Crippen LogP contribution in [-0.4, -0.2) is 69.6 Å². The number of fused-ring (bicyclic) bond motifs is 5. The summed E-state index contributed by atoms with van der Waals surface area (Å²) in [4.78, 5) is 61.3. The Morgan fingerprint density at radius 1 is 1.00 bits per heavy atom. The third kappa shape index (κ3) is 5.81. The molecule has 0 heterocycles. The second kappa shape index (κ2) is 12.1. The number of esters is 1. The Balaban J connectivity index is 1.11. The van der Waals surface area contributed by atoms with Gasteiger partial charge in [0.15, 0.2) is 12.4 Å². The standard InChI is InChI=1S/C33H47NO9/c1-31-13-11-22(35)15-21(31)7-8-23-24-12-14-33(42,32(24,2)16-25(36)29(23)31)26(37)18-43-28(39)10-9-27(38)34-17-19-3-5-20(6-4-19)30(40)41/h15,19-20,23-25,29,36,42H,3-14,16-18H2,1-2H3,(H,34,38)(H,40,41)/t19?,20?,23-,24-,25-,29-,31-,32-,33-/m0/s1. The molecule has 10 nitrogen and oxygen atoms in total. The molecular weight excluding hydrogens is 554 g/mol. The molecule has 4 N–H and O–H groups in total. The molecule has 5 rings (SSSR count). The molecule has 0 aromatic heterocycles. The molecule has 0 aromatic carbocycles. The zero-order valence-electron chi connectivity index (χ0n) is 25.4. The van der Waals surface area contributed by atoms with Gasteiger partial charge in [-0.25, -0.2) is 0 Å². The van der Waals surface area contributed by atoms with Crippen LogP contribution in [0, 0.1) is 40.4 Å². The molecule has 0 unspecified atom stereocenters. The molecule has 0 spiro atoms. The van der Waals surface area contributed by atoms with E-state index in [1.807, 2.05) is 6.92 Å². The fourth-order valence-corrected chi connectivity index (χ4v) is 9.66. The first kappa shape index (κ1) is 31.8. The van der Waals surface area contributed by atoms with E-state index in [9.17, 15) is 34.2 Å². The molecule has 0 aliphatic heterocycles. The monoisotopic (exact) mass is 601 g/mol. The number of carbonyl (C=O) groups is 5. The Labute approximate surface area is 253 Å². The van der Waals surface area contributed by atoms with Crippen molar-refractivity contribution in [1.82, 2.24) is 5.32 Å². The average Bonchev–Trinajstić information content (AvgIpc) is 3.24. The molecule has 0 aromatic rings. The molecule has 7 atom stereocenters. The van der Waals surface area contributed by atoms with Gasteiger partial charge in [-0.15, -0.1) is 0 Å². The first-order chi connectivity index (χ1) is 20.3. The molecule has 0 bridgehead atoms. The number of nitrogens with one attached hydrogen (secondary N) is 1. The number of aliphatic hydroxyl groups excluding tert-OH is 1. The highest BCUT2D eigenvalue weighted by Crippen LogP contribution is 2.67. The average molecular weight is 602 g/mol. The quantitative estimate of drug-likeness (QED) is 0.290. The molecule has 238 valence electrons. The van der Waals surface area contributed by atoms with Crippen molar-refractivity contribution in [1.29, 1.82) is 0 Å². The van der Waals surface area contributed by atoms with E-state index in [4.69, 9.17) is 9.84 Å². The molecule has 43 heavy (non-hydrogen) atoms. The Morgan fingerprint density at radius 3 is 2.42 bits per heavy atom. The van der Waals surface area contributed by atoms with Crippen molar-refractivity contribution in [3.8, 4) is 0 Å². The number of ketones is 2. The van der Waals surface area contributed by atoms with Gasteiger partial charge in [0.25, 0.3) is 0 Å². The zero-order valence-corrected chi connectivity index (χ0v) is 25.4.